The van der Waals surface area contributed by atoms with Crippen LogP contribution in [0.25, 0.3) is 11.8 Å². The van der Waals surface area contributed by atoms with Gasteiger partial charge in [-0.05, 0) is 69.3 Å². The second kappa shape index (κ2) is 7.36. The minimum atomic E-state index is -0.418. The highest BCUT2D eigenvalue weighted by molar-refractivity contribution is 8.26. The van der Waals surface area contributed by atoms with E-state index >= 15 is 0 Å². The average Bonchev–Trinajstić information content (AvgIpc) is 3.18. The second-order valence-electron chi connectivity index (χ2n) is 6.70. The van der Waals surface area contributed by atoms with Gasteiger partial charge >= 0.3 is 0 Å². The van der Waals surface area contributed by atoms with Gasteiger partial charge in [-0.3, -0.25) is 10.2 Å². The van der Waals surface area contributed by atoms with Crippen molar-refractivity contribution < 1.29 is 9.53 Å². The summed E-state index contributed by atoms with van der Waals surface area (Å²) in [6, 6.07) is 9.86. The SMILES string of the molecule is CCOc1ccccc1-n1c(C)cc(/C=C2/C(=N)N3N=C(C)SC3=NC2=O)c1C. The molecule has 4 rings (SSSR count). The summed E-state index contributed by atoms with van der Waals surface area (Å²) in [5.74, 6) is 0.424. The Balaban J connectivity index is 1.78. The summed E-state index contributed by atoms with van der Waals surface area (Å²) in [7, 11) is 0. The number of hydrogen-bond donors (Lipinski definition) is 1. The Morgan fingerprint density at radius 1 is 1.24 bits per heavy atom. The highest BCUT2D eigenvalue weighted by atomic mass is 32.2. The standard InChI is InChI=1S/C21H21N5O2S/c1-5-28-18-9-7-6-8-17(18)25-12(2)10-15(13(25)3)11-16-19(22)26-21(23-20(16)27)29-14(4)24-26/h6-11,22H,5H2,1-4H3/b16-11-,22-19?. The highest BCUT2D eigenvalue weighted by Crippen LogP contribution is 2.31. The van der Waals surface area contributed by atoms with Crippen LogP contribution in [0.2, 0.25) is 0 Å². The fourth-order valence-corrected chi connectivity index (χ4v) is 4.20. The largest absolute Gasteiger partial charge is 0.492 e. The average molecular weight is 407 g/mol. The van der Waals surface area contributed by atoms with Crippen LogP contribution in [-0.4, -0.2) is 38.1 Å². The van der Waals surface area contributed by atoms with Crippen molar-refractivity contribution >= 4 is 39.8 Å². The lowest BCUT2D eigenvalue weighted by atomic mass is 10.1. The second-order valence-corrected chi connectivity index (χ2v) is 7.86. The number of aromatic nitrogens is 1. The molecule has 0 radical (unpaired) electrons. The molecule has 3 heterocycles. The van der Waals surface area contributed by atoms with E-state index in [4.69, 9.17) is 10.1 Å². The molecule has 1 amide bonds. The third kappa shape index (κ3) is 3.29. The summed E-state index contributed by atoms with van der Waals surface area (Å²) in [5.41, 5.74) is 3.98. The van der Waals surface area contributed by atoms with Gasteiger partial charge in [-0.1, -0.05) is 12.1 Å². The fraction of sp³-hybridized carbons (Fsp3) is 0.238. The number of amides is 1. The number of aryl methyl sites for hydroxylation is 1. The normalized spacial score (nSPS) is 17.5. The zero-order valence-corrected chi connectivity index (χ0v) is 17.5. The fourth-order valence-electron chi connectivity index (χ4n) is 3.47. The number of para-hydroxylation sites is 2. The van der Waals surface area contributed by atoms with E-state index < -0.39 is 5.91 Å². The minimum absolute atomic E-state index is 0.0452. The number of aliphatic imine (C=N–C) groups is 1. The first kappa shape index (κ1) is 19.2. The molecule has 2 aliphatic rings. The van der Waals surface area contributed by atoms with Crippen molar-refractivity contribution in [2.45, 2.75) is 27.7 Å². The van der Waals surface area contributed by atoms with Gasteiger partial charge in [0.1, 0.15) is 5.75 Å². The molecule has 148 valence electrons. The predicted octanol–water partition coefficient (Wildman–Crippen LogP) is 4.13. The van der Waals surface area contributed by atoms with E-state index in [0.29, 0.717) is 11.8 Å². The monoisotopic (exact) mass is 407 g/mol. The number of rotatable bonds is 4. The molecule has 1 N–H and O–H groups in total. The van der Waals surface area contributed by atoms with Gasteiger partial charge < -0.3 is 9.30 Å². The van der Waals surface area contributed by atoms with Crippen LogP contribution in [0.4, 0.5) is 0 Å². The maximum atomic E-state index is 12.6. The number of fused-ring (bicyclic) bond motifs is 1. The molecule has 0 atom stereocenters. The summed E-state index contributed by atoms with van der Waals surface area (Å²) in [5, 5.41) is 15.3. The Hall–Kier alpha value is -3.13. The number of amidine groups is 2. The van der Waals surface area contributed by atoms with E-state index in [1.807, 2.05) is 58.0 Å². The quantitative estimate of drug-likeness (QED) is 0.773. The third-order valence-electron chi connectivity index (χ3n) is 4.73. The molecule has 2 aromatic rings. The highest BCUT2D eigenvalue weighted by Gasteiger charge is 2.34. The maximum Gasteiger partial charge on any atom is 0.283 e. The third-order valence-corrected chi connectivity index (χ3v) is 5.56. The molecule has 29 heavy (non-hydrogen) atoms. The number of thioether (sulfide) groups is 1. The lowest BCUT2D eigenvalue weighted by Gasteiger charge is -2.20. The van der Waals surface area contributed by atoms with E-state index in [1.165, 1.54) is 16.8 Å². The summed E-state index contributed by atoms with van der Waals surface area (Å²) in [4.78, 5) is 16.7. The molecule has 0 aliphatic carbocycles. The van der Waals surface area contributed by atoms with Gasteiger partial charge in [0, 0.05) is 11.4 Å². The van der Waals surface area contributed by atoms with Crippen molar-refractivity contribution in [2.75, 3.05) is 6.61 Å². The number of benzene rings is 1. The Morgan fingerprint density at radius 3 is 2.76 bits per heavy atom. The minimum Gasteiger partial charge on any atom is -0.492 e. The van der Waals surface area contributed by atoms with E-state index in [2.05, 4.69) is 14.7 Å². The van der Waals surface area contributed by atoms with Crippen LogP contribution in [0.3, 0.4) is 0 Å². The van der Waals surface area contributed by atoms with Gasteiger partial charge in [-0.15, -0.1) is 0 Å². The van der Waals surface area contributed by atoms with Crippen molar-refractivity contribution in [3.8, 4) is 11.4 Å². The lowest BCUT2D eigenvalue weighted by molar-refractivity contribution is -0.114. The Labute approximate surface area is 173 Å². The molecule has 1 aromatic carbocycles. The summed E-state index contributed by atoms with van der Waals surface area (Å²) in [6.07, 6.45) is 1.72. The topological polar surface area (TPSA) is 83.0 Å². The molecule has 1 aromatic heterocycles. The van der Waals surface area contributed by atoms with Crippen LogP contribution in [0.5, 0.6) is 5.75 Å². The number of nitrogens with one attached hydrogen (secondary N) is 1. The van der Waals surface area contributed by atoms with Crippen molar-refractivity contribution in [1.29, 1.82) is 5.41 Å². The van der Waals surface area contributed by atoms with Crippen molar-refractivity contribution in [3.05, 3.63) is 52.9 Å². The van der Waals surface area contributed by atoms with Gasteiger partial charge in [0.2, 0.25) is 5.17 Å². The summed E-state index contributed by atoms with van der Waals surface area (Å²) < 4.78 is 7.88. The van der Waals surface area contributed by atoms with Crippen molar-refractivity contribution in [1.82, 2.24) is 9.58 Å². The molecule has 8 heteroatoms. The van der Waals surface area contributed by atoms with Crippen molar-refractivity contribution in [3.63, 3.8) is 0 Å². The molecule has 0 fully saturated rings. The van der Waals surface area contributed by atoms with Gasteiger partial charge in [0.25, 0.3) is 5.91 Å². The number of carbonyl (C=O) groups excluding carboxylic acids is 1. The zero-order valence-electron chi connectivity index (χ0n) is 16.7. The molecule has 0 spiro atoms. The molecule has 2 aliphatic heterocycles. The Kier molecular flexibility index (Phi) is 4.87. The maximum absolute atomic E-state index is 12.6. The Bertz CT molecular complexity index is 1130. The van der Waals surface area contributed by atoms with Crippen LogP contribution in [0.15, 0.2) is 46.0 Å². The van der Waals surface area contributed by atoms with Crippen molar-refractivity contribution in [2.24, 2.45) is 10.1 Å². The predicted molar refractivity (Wildman–Crippen MR) is 117 cm³/mol. The number of carbonyl (C=O) groups is 1. The first-order valence-corrected chi connectivity index (χ1v) is 10.1. The zero-order chi connectivity index (χ0) is 20.7. The Morgan fingerprint density at radius 2 is 2.00 bits per heavy atom. The molecular formula is C21H21N5O2S. The first-order valence-electron chi connectivity index (χ1n) is 9.28. The van der Waals surface area contributed by atoms with Gasteiger partial charge in [-0.2, -0.15) is 15.1 Å². The number of nitrogens with zero attached hydrogens (tertiary/aromatic N) is 4. The van der Waals surface area contributed by atoms with Gasteiger partial charge in [0.15, 0.2) is 5.84 Å². The van der Waals surface area contributed by atoms with E-state index in [0.717, 1.165) is 33.4 Å². The number of hydrogen-bond acceptors (Lipinski definition) is 5. The molecule has 7 nitrogen and oxygen atoms in total. The first-order chi connectivity index (χ1) is 13.9. The molecular weight excluding hydrogens is 386 g/mol. The smallest absolute Gasteiger partial charge is 0.283 e. The molecule has 0 unspecified atom stereocenters. The van der Waals surface area contributed by atoms with Gasteiger partial charge in [-0.25, -0.2) is 0 Å². The van der Waals surface area contributed by atoms with E-state index in [1.54, 1.807) is 6.08 Å². The molecule has 0 saturated carbocycles. The van der Waals surface area contributed by atoms with Crippen LogP contribution >= 0.6 is 11.8 Å². The van der Waals surface area contributed by atoms with Crippen LogP contribution in [-0.2, 0) is 4.79 Å². The number of hydrazone groups is 1. The number of ether oxygens (including phenoxy) is 1. The molecule has 0 bridgehead atoms. The van der Waals surface area contributed by atoms with Gasteiger partial charge in [0.05, 0.1) is 22.9 Å². The van der Waals surface area contributed by atoms with Crippen LogP contribution < -0.4 is 4.74 Å². The van der Waals surface area contributed by atoms with Crippen LogP contribution in [0.1, 0.15) is 30.8 Å². The molecule has 0 saturated heterocycles. The summed E-state index contributed by atoms with van der Waals surface area (Å²) >= 11 is 1.30. The van der Waals surface area contributed by atoms with E-state index in [-0.39, 0.29) is 11.4 Å². The summed E-state index contributed by atoms with van der Waals surface area (Å²) in [6.45, 7) is 8.36. The lowest BCUT2D eigenvalue weighted by Crippen LogP contribution is -2.35. The van der Waals surface area contributed by atoms with Crippen LogP contribution in [0, 0.1) is 19.3 Å². The van der Waals surface area contributed by atoms with E-state index in [9.17, 15) is 4.79 Å².